The van der Waals surface area contributed by atoms with Gasteiger partial charge in [0.25, 0.3) is 10.0 Å². The molecule has 0 fully saturated rings. The van der Waals surface area contributed by atoms with Gasteiger partial charge in [-0.25, -0.2) is 4.98 Å². The second-order valence-electron chi connectivity index (χ2n) is 5.20. The molecule has 2 heterocycles. The average Bonchev–Trinajstić information content (AvgIpc) is 3.13. The molecule has 0 bridgehead atoms. The number of aromatic nitrogens is 4. The van der Waals surface area contributed by atoms with E-state index in [1.54, 1.807) is 42.7 Å². The molecule has 0 aliphatic heterocycles. The molecule has 2 aromatic heterocycles. The molecule has 0 saturated heterocycles. The van der Waals surface area contributed by atoms with E-state index < -0.39 is 10.0 Å². The lowest BCUT2D eigenvalue weighted by Crippen LogP contribution is -2.13. The summed E-state index contributed by atoms with van der Waals surface area (Å²) in [6.45, 7) is 0. The summed E-state index contributed by atoms with van der Waals surface area (Å²) >= 11 is 0. The Hall–Kier alpha value is -3.06. The van der Waals surface area contributed by atoms with Gasteiger partial charge in [-0.1, -0.05) is 30.3 Å². The van der Waals surface area contributed by atoms with E-state index in [0.29, 0.717) is 11.4 Å². The number of benzene rings is 2. The first-order chi connectivity index (χ1) is 11.6. The standard InChI is InChI=1S/C17H12N4O2S/c22-24(23,16-8-7-13-4-1-2-5-14(13)10-16)21-12-19-17(20-21)15-6-3-9-18-11-15/h1-12H. The average molecular weight is 336 g/mol. The van der Waals surface area contributed by atoms with Crippen LogP contribution in [0.4, 0.5) is 0 Å². The number of fused-ring (bicyclic) bond motifs is 1. The Morgan fingerprint density at radius 3 is 2.54 bits per heavy atom. The van der Waals surface area contributed by atoms with Crippen molar-refractivity contribution in [2.75, 3.05) is 0 Å². The highest BCUT2D eigenvalue weighted by Gasteiger charge is 2.19. The maximum atomic E-state index is 12.8. The fraction of sp³-hybridized carbons (Fsp3) is 0. The van der Waals surface area contributed by atoms with Gasteiger partial charge in [0.05, 0.1) is 4.90 Å². The zero-order chi connectivity index (χ0) is 16.6. The number of rotatable bonds is 3. The lowest BCUT2D eigenvalue weighted by Gasteiger charge is -2.05. The molecule has 0 amide bonds. The zero-order valence-electron chi connectivity index (χ0n) is 12.4. The van der Waals surface area contributed by atoms with Crippen molar-refractivity contribution in [3.05, 3.63) is 73.3 Å². The lowest BCUT2D eigenvalue weighted by atomic mass is 10.1. The first kappa shape index (κ1) is 14.5. The Kier molecular flexibility index (Phi) is 3.35. The van der Waals surface area contributed by atoms with Gasteiger partial charge >= 0.3 is 0 Å². The van der Waals surface area contributed by atoms with Crippen LogP contribution in [0.15, 0.2) is 78.2 Å². The van der Waals surface area contributed by atoms with E-state index in [0.717, 1.165) is 14.9 Å². The van der Waals surface area contributed by atoms with Crippen molar-refractivity contribution in [1.29, 1.82) is 0 Å². The molecular formula is C17H12N4O2S. The largest absolute Gasteiger partial charge is 0.284 e. The maximum absolute atomic E-state index is 12.8. The second-order valence-corrected chi connectivity index (χ2v) is 6.99. The molecule has 4 aromatic rings. The van der Waals surface area contributed by atoms with Gasteiger partial charge in [0.15, 0.2) is 5.82 Å². The molecule has 0 saturated carbocycles. The molecule has 0 radical (unpaired) electrons. The lowest BCUT2D eigenvalue weighted by molar-refractivity contribution is 0.580. The van der Waals surface area contributed by atoms with E-state index in [1.165, 1.54) is 6.33 Å². The fourth-order valence-corrected chi connectivity index (χ4v) is 3.52. The third-order valence-electron chi connectivity index (χ3n) is 3.66. The molecule has 7 heteroatoms. The molecule has 2 aromatic carbocycles. The minimum Gasteiger partial charge on any atom is -0.264 e. The van der Waals surface area contributed by atoms with Crippen LogP contribution in [0.2, 0.25) is 0 Å². The molecule has 4 rings (SSSR count). The van der Waals surface area contributed by atoms with Crippen molar-refractivity contribution >= 4 is 20.8 Å². The van der Waals surface area contributed by atoms with Crippen LogP contribution in [0.5, 0.6) is 0 Å². The van der Waals surface area contributed by atoms with E-state index in [1.807, 2.05) is 24.3 Å². The van der Waals surface area contributed by atoms with Crippen LogP contribution in [0.1, 0.15) is 0 Å². The van der Waals surface area contributed by atoms with Crippen LogP contribution in [0.25, 0.3) is 22.2 Å². The van der Waals surface area contributed by atoms with Crippen molar-refractivity contribution < 1.29 is 8.42 Å². The van der Waals surface area contributed by atoms with Crippen LogP contribution in [-0.2, 0) is 10.0 Å². The van der Waals surface area contributed by atoms with Crippen LogP contribution in [0.3, 0.4) is 0 Å². The Balaban J connectivity index is 1.78. The van der Waals surface area contributed by atoms with Crippen molar-refractivity contribution in [2.24, 2.45) is 0 Å². The van der Waals surface area contributed by atoms with E-state index in [4.69, 9.17) is 0 Å². The van der Waals surface area contributed by atoms with Crippen LogP contribution in [-0.4, -0.2) is 27.6 Å². The Bertz CT molecular complexity index is 1120. The number of hydrogen-bond acceptors (Lipinski definition) is 5. The van der Waals surface area contributed by atoms with Crippen molar-refractivity contribution in [1.82, 2.24) is 19.2 Å². The van der Waals surface area contributed by atoms with Gasteiger partial charge in [0.1, 0.15) is 6.33 Å². The summed E-state index contributed by atoms with van der Waals surface area (Å²) in [6.07, 6.45) is 4.42. The summed E-state index contributed by atoms with van der Waals surface area (Å²) in [6, 6.07) is 16.1. The van der Waals surface area contributed by atoms with E-state index in [2.05, 4.69) is 15.1 Å². The molecule has 0 N–H and O–H groups in total. The highest BCUT2D eigenvalue weighted by Crippen LogP contribution is 2.21. The molecular weight excluding hydrogens is 324 g/mol. The van der Waals surface area contributed by atoms with Gasteiger partial charge in [-0.05, 0) is 35.0 Å². The van der Waals surface area contributed by atoms with Crippen LogP contribution in [0, 0.1) is 0 Å². The number of pyridine rings is 1. The van der Waals surface area contributed by atoms with Crippen molar-refractivity contribution in [3.63, 3.8) is 0 Å². The topological polar surface area (TPSA) is 77.7 Å². The highest BCUT2D eigenvalue weighted by molar-refractivity contribution is 7.89. The Labute approximate surface area is 138 Å². The third-order valence-corrected chi connectivity index (χ3v) is 5.17. The summed E-state index contributed by atoms with van der Waals surface area (Å²) < 4.78 is 26.4. The molecule has 0 atom stereocenters. The molecule has 0 spiro atoms. The Morgan fingerprint density at radius 1 is 0.917 bits per heavy atom. The summed E-state index contributed by atoms with van der Waals surface area (Å²) in [5.74, 6) is 0.312. The molecule has 0 aliphatic carbocycles. The Morgan fingerprint density at radius 2 is 1.75 bits per heavy atom. The predicted molar refractivity (Wildman–Crippen MR) is 89.8 cm³/mol. The predicted octanol–water partition coefficient (Wildman–Crippen LogP) is 2.73. The highest BCUT2D eigenvalue weighted by atomic mass is 32.2. The molecule has 118 valence electrons. The van der Waals surface area contributed by atoms with E-state index in [9.17, 15) is 8.42 Å². The monoisotopic (exact) mass is 336 g/mol. The molecule has 6 nitrogen and oxygen atoms in total. The normalized spacial score (nSPS) is 11.7. The summed E-state index contributed by atoms with van der Waals surface area (Å²) in [4.78, 5) is 8.23. The summed E-state index contributed by atoms with van der Waals surface area (Å²) in [7, 11) is -3.79. The quantitative estimate of drug-likeness (QED) is 0.575. The first-order valence-electron chi connectivity index (χ1n) is 7.21. The number of nitrogens with zero attached hydrogens (tertiary/aromatic N) is 4. The van der Waals surface area contributed by atoms with Gasteiger partial charge in [-0.3, -0.25) is 4.98 Å². The third kappa shape index (κ3) is 2.44. The minimum absolute atomic E-state index is 0.170. The van der Waals surface area contributed by atoms with Crippen molar-refractivity contribution in [2.45, 2.75) is 4.90 Å². The first-order valence-corrected chi connectivity index (χ1v) is 8.65. The molecule has 24 heavy (non-hydrogen) atoms. The molecule has 0 unspecified atom stereocenters. The zero-order valence-corrected chi connectivity index (χ0v) is 13.3. The van der Waals surface area contributed by atoms with Gasteiger partial charge in [-0.2, -0.15) is 8.42 Å². The fourth-order valence-electron chi connectivity index (χ4n) is 2.43. The van der Waals surface area contributed by atoms with Gasteiger partial charge in [0, 0.05) is 18.0 Å². The second kappa shape index (κ2) is 5.54. The smallest absolute Gasteiger partial charge is 0.264 e. The van der Waals surface area contributed by atoms with Crippen LogP contribution >= 0.6 is 0 Å². The van der Waals surface area contributed by atoms with Crippen molar-refractivity contribution in [3.8, 4) is 11.4 Å². The summed E-state index contributed by atoms with van der Waals surface area (Å²) in [5.41, 5.74) is 0.657. The van der Waals surface area contributed by atoms with E-state index in [-0.39, 0.29) is 4.90 Å². The van der Waals surface area contributed by atoms with Gasteiger partial charge in [0.2, 0.25) is 0 Å². The van der Waals surface area contributed by atoms with Crippen LogP contribution < -0.4 is 0 Å². The molecule has 0 aliphatic rings. The van der Waals surface area contributed by atoms with Gasteiger partial charge < -0.3 is 0 Å². The minimum atomic E-state index is -3.79. The van der Waals surface area contributed by atoms with Gasteiger partial charge in [-0.15, -0.1) is 9.19 Å². The van der Waals surface area contributed by atoms with E-state index >= 15 is 0 Å². The number of hydrogen-bond donors (Lipinski definition) is 0. The SMILES string of the molecule is O=S(=O)(c1ccc2ccccc2c1)n1cnc(-c2cccnc2)n1. The summed E-state index contributed by atoms with van der Waals surface area (Å²) in [5, 5.41) is 5.92. The maximum Gasteiger partial charge on any atom is 0.284 e.